The van der Waals surface area contributed by atoms with Gasteiger partial charge in [-0.1, -0.05) is 24.3 Å². The van der Waals surface area contributed by atoms with E-state index in [1.165, 1.54) is 18.2 Å². The van der Waals surface area contributed by atoms with Crippen molar-refractivity contribution >= 4 is 22.1 Å². The van der Waals surface area contributed by atoms with Crippen LogP contribution in [0.15, 0.2) is 41.8 Å². The number of allylic oxidation sites excluding steroid dienone is 2. The van der Waals surface area contributed by atoms with Gasteiger partial charge in [-0.15, -0.1) is 0 Å². The second-order valence-corrected chi connectivity index (χ2v) is 10.5. The zero-order valence-electron chi connectivity index (χ0n) is 18.3. The van der Waals surface area contributed by atoms with Gasteiger partial charge in [0.1, 0.15) is 0 Å². The van der Waals surface area contributed by atoms with Crippen molar-refractivity contribution in [1.29, 1.82) is 0 Å². The molecule has 2 atom stereocenters. The molecule has 0 radical (unpaired) electrons. The van der Waals surface area contributed by atoms with E-state index in [0.29, 0.717) is 18.8 Å². The molecule has 3 saturated carbocycles. The Kier molecular flexibility index (Phi) is 8.39. The number of benzene rings is 1. The fourth-order valence-electron chi connectivity index (χ4n) is 5.06. The minimum absolute atomic E-state index is 0.124. The number of carbonyl (C=O) groups is 1. The van der Waals surface area contributed by atoms with Crippen LogP contribution < -0.4 is 4.72 Å². The quantitative estimate of drug-likeness (QED) is 0.334. The van der Waals surface area contributed by atoms with E-state index in [2.05, 4.69) is 4.72 Å². The highest BCUT2D eigenvalue weighted by atomic mass is 32.2. The molecule has 0 aromatic heterocycles. The van der Waals surface area contributed by atoms with Gasteiger partial charge < -0.3 is 5.11 Å². The zero-order valence-corrected chi connectivity index (χ0v) is 19.1. The Morgan fingerprint density at radius 3 is 2.48 bits per heavy atom. The molecule has 0 aliphatic heterocycles. The normalized spacial score (nSPS) is 25.8. The summed E-state index contributed by atoms with van der Waals surface area (Å²) in [5.41, 5.74) is -0.656. The number of carboxylic acids is 1. The van der Waals surface area contributed by atoms with Gasteiger partial charge in [-0.25, -0.2) is 13.1 Å². The third-order valence-corrected chi connectivity index (χ3v) is 7.78. The Morgan fingerprint density at radius 2 is 1.82 bits per heavy atom. The number of aliphatic carboxylic acids is 1. The van der Waals surface area contributed by atoms with Crippen LogP contribution in [0.4, 0.5) is 13.2 Å². The molecular weight excluding hydrogens is 455 g/mol. The Labute approximate surface area is 192 Å². The maximum absolute atomic E-state index is 12.9. The minimum Gasteiger partial charge on any atom is -0.481 e. The molecule has 5 nitrogen and oxygen atoms in total. The third kappa shape index (κ3) is 7.43. The molecule has 0 heterocycles. The van der Waals surface area contributed by atoms with Crippen LogP contribution in [0.1, 0.15) is 62.5 Å². The number of carboxylic acid groups (broad SMARTS) is 1. The smallest absolute Gasteiger partial charge is 0.416 e. The van der Waals surface area contributed by atoms with Gasteiger partial charge in [-0.2, -0.15) is 13.2 Å². The summed E-state index contributed by atoms with van der Waals surface area (Å²) in [6, 6.07) is 4.34. The summed E-state index contributed by atoms with van der Waals surface area (Å²) < 4.78 is 67.0. The number of halogens is 3. The van der Waals surface area contributed by atoms with Crippen molar-refractivity contribution < 1.29 is 31.5 Å². The second kappa shape index (κ2) is 10.9. The second-order valence-electron chi connectivity index (χ2n) is 8.95. The van der Waals surface area contributed by atoms with Crippen LogP contribution in [-0.4, -0.2) is 25.5 Å². The summed E-state index contributed by atoms with van der Waals surface area (Å²) in [6.07, 6.45) is 6.84. The van der Waals surface area contributed by atoms with Gasteiger partial charge in [-0.05, 0) is 86.5 Å². The van der Waals surface area contributed by atoms with Gasteiger partial charge in [0.15, 0.2) is 0 Å². The third-order valence-electron chi connectivity index (χ3n) is 6.68. The molecule has 2 unspecified atom stereocenters. The van der Waals surface area contributed by atoms with Gasteiger partial charge in [0.25, 0.3) is 0 Å². The largest absolute Gasteiger partial charge is 0.481 e. The fourth-order valence-corrected chi connectivity index (χ4v) is 6.22. The number of rotatable bonds is 10. The number of alkyl halides is 3. The molecule has 182 valence electrons. The topological polar surface area (TPSA) is 83.5 Å². The maximum atomic E-state index is 12.9. The zero-order chi connectivity index (χ0) is 24.1. The van der Waals surface area contributed by atoms with E-state index < -0.39 is 27.7 Å². The average Bonchev–Trinajstić information content (AvgIpc) is 2.76. The average molecular weight is 486 g/mol. The number of hydrogen-bond acceptors (Lipinski definition) is 3. The molecule has 3 aliphatic carbocycles. The highest BCUT2D eigenvalue weighted by molar-refractivity contribution is 7.92. The van der Waals surface area contributed by atoms with Crippen LogP contribution in [0.25, 0.3) is 6.08 Å². The summed E-state index contributed by atoms with van der Waals surface area (Å²) in [5.74, 6) is 0.0153. The van der Waals surface area contributed by atoms with Crippen LogP contribution in [0.5, 0.6) is 0 Å². The number of sulfonamides is 1. The lowest BCUT2D eigenvalue weighted by Crippen LogP contribution is -2.52. The van der Waals surface area contributed by atoms with Crippen molar-refractivity contribution in [2.24, 2.45) is 17.8 Å². The standard InChI is InChI=1S/C24H30F3NO4S/c25-24(26,27)20-7-5-6-17(16-20)14-15-33(31,32)28-23-19-12-10-18(11-13-19)21(23)8-3-1-2-4-9-22(29)30/h1,3,5-7,14-16,18-19,21,23,28H,2,4,8-13H2,(H,29,30)/b3-1+,15-14+. The molecule has 9 heteroatoms. The molecule has 33 heavy (non-hydrogen) atoms. The Hall–Kier alpha value is -2.13. The monoisotopic (exact) mass is 485 g/mol. The van der Waals surface area contributed by atoms with E-state index in [4.69, 9.17) is 5.11 Å². The van der Waals surface area contributed by atoms with Crippen molar-refractivity contribution in [1.82, 2.24) is 4.72 Å². The fraction of sp³-hybridized carbons (Fsp3) is 0.542. The van der Waals surface area contributed by atoms with E-state index in [1.54, 1.807) is 0 Å². The molecule has 4 rings (SSSR count). The number of unbranched alkanes of at least 4 members (excludes halogenated alkanes) is 1. The lowest BCUT2D eigenvalue weighted by molar-refractivity contribution is -0.138. The molecule has 1 aromatic carbocycles. The van der Waals surface area contributed by atoms with Crippen LogP contribution in [0, 0.1) is 17.8 Å². The molecule has 3 fully saturated rings. The lowest BCUT2D eigenvalue weighted by atomic mass is 9.61. The van der Waals surface area contributed by atoms with Gasteiger partial charge in [0.05, 0.1) is 5.56 Å². The van der Waals surface area contributed by atoms with Crippen molar-refractivity contribution in [2.45, 2.75) is 63.6 Å². The molecule has 0 spiro atoms. The molecule has 0 saturated heterocycles. The summed E-state index contributed by atoms with van der Waals surface area (Å²) >= 11 is 0. The van der Waals surface area contributed by atoms with E-state index >= 15 is 0 Å². The highest BCUT2D eigenvalue weighted by Gasteiger charge is 2.44. The van der Waals surface area contributed by atoms with Crippen LogP contribution in [-0.2, 0) is 21.0 Å². The van der Waals surface area contributed by atoms with Gasteiger partial charge >= 0.3 is 12.1 Å². The van der Waals surface area contributed by atoms with Crippen LogP contribution in [0.3, 0.4) is 0 Å². The summed E-state index contributed by atoms with van der Waals surface area (Å²) in [7, 11) is -3.83. The highest BCUT2D eigenvalue weighted by Crippen LogP contribution is 2.47. The predicted octanol–water partition coefficient (Wildman–Crippen LogP) is 5.60. The van der Waals surface area contributed by atoms with Gasteiger partial charge in [-0.3, -0.25) is 4.79 Å². The van der Waals surface area contributed by atoms with E-state index in [9.17, 15) is 26.4 Å². The van der Waals surface area contributed by atoms with E-state index in [-0.39, 0.29) is 29.9 Å². The van der Waals surface area contributed by atoms with Crippen LogP contribution in [0.2, 0.25) is 0 Å². The van der Waals surface area contributed by atoms with Gasteiger partial charge in [0.2, 0.25) is 10.0 Å². The summed E-state index contributed by atoms with van der Waals surface area (Å²) in [5, 5.41) is 9.66. The molecule has 2 N–H and O–H groups in total. The van der Waals surface area contributed by atoms with Crippen molar-refractivity contribution in [3.8, 4) is 0 Å². The Balaban J connectivity index is 1.65. The summed E-state index contributed by atoms with van der Waals surface area (Å²) in [4.78, 5) is 10.6. The Morgan fingerprint density at radius 1 is 1.12 bits per heavy atom. The maximum Gasteiger partial charge on any atom is 0.416 e. The van der Waals surface area contributed by atoms with Crippen molar-refractivity contribution in [3.05, 3.63) is 53.0 Å². The number of fused-ring (bicyclic) bond motifs is 3. The van der Waals surface area contributed by atoms with E-state index in [1.807, 2.05) is 12.2 Å². The number of hydrogen-bond donors (Lipinski definition) is 2. The minimum atomic E-state index is -4.49. The van der Waals surface area contributed by atoms with Crippen molar-refractivity contribution in [2.75, 3.05) is 0 Å². The molecule has 2 bridgehead atoms. The molecular formula is C24H30F3NO4S. The van der Waals surface area contributed by atoms with Crippen molar-refractivity contribution in [3.63, 3.8) is 0 Å². The Bertz CT molecular complexity index is 980. The van der Waals surface area contributed by atoms with Gasteiger partial charge in [0, 0.05) is 17.9 Å². The first-order chi connectivity index (χ1) is 15.5. The van der Waals surface area contributed by atoms with E-state index in [0.717, 1.165) is 49.6 Å². The molecule has 0 amide bonds. The first-order valence-corrected chi connectivity index (χ1v) is 12.8. The lowest BCUT2D eigenvalue weighted by Gasteiger charge is -2.48. The summed E-state index contributed by atoms with van der Waals surface area (Å²) in [6.45, 7) is 0. The first kappa shape index (κ1) is 25.5. The predicted molar refractivity (Wildman–Crippen MR) is 121 cm³/mol. The molecule has 3 aliphatic rings. The number of nitrogens with one attached hydrogen (secondary N) is 1. The van der Waals surface area contributed by atoms with Crippen LogP contribution >= 0.6 is 0 Å². The first-order valence-electron chi connectivity index (χ1n) is 11.3. The molecule has 1 aromatic rings. The SMILES string of the molecule is O=C(O)CCC/C=C/CC1C2CCC(CC2)C1NS(=O)(=O)/C=C/c1cccc(C(F)(F)F)c1.